The summed E-state index contributed by atoms with van der Waals surface area (Å²) in [5.74, 6) is -14.9. The molecule has 0 saturated carbocycles. The SMILES string of the molecule is [2H]C(N1CCC([2H])([2H])C1([2H])C(=O)NCCC(=O)NCCC(=O)ON1C(=O)CCC1=O)C(C)(C)C.[2H]C(N1CCCC1([2H])C(=O)NCCC(=O)NCCC(=O)ON1C(=O)CCC1=O)C(C)(C)C.[2H]C(N1CCCC1C(=O)NCCC(=O)NCCC(=O)ON1C(=O)CCC1=O)C(C)(C)C.[2H]C1(C(=O)NCCC(=O)NCCC(=O)ON2C(=O)CCC2=O)CCCN1CC(C)(C)C.[2H]C1([2H])CCN(CC(C)(C)C)C1([2H])C(=O)NCCC(=O)NCCC(=O)ON1C(=O)CCC1=O. The molecule has 0 aromatic rings. The van der Waals surface area contributed by atoms with Crippen molar-refractivity contribution in [2.75, 3.05) is 131 Å². The zero-order valence-electron chi connectivity index (χ0n) is 99.8. The average molecular weight is 2130 g/mol. The van der Waals surface area contributed by atoms with Gasteiger partial charge in [-0.25, -0.2) is 24.0 Å². The Morgan fingerprint density at radius 3 is 0.713 bits per heavy atom. The van der Waals surface area contributed by atoms with Gasteiger partial charge >= 0.3 is 29.8 Å². The number of nitrogens with zero attached hydrogens (tertiary/aromatic N) is 10. The van der Waals surface area contributed by atoms with Crippen LogP contribution in [0.2, 0.25) is 0 Å². The standard InChI is InChI=1S/5C20H32N4O6/c5*1-20(2,3)13-23-12-4-5-14(23)19(29)22-10-8-15(25)21-11-9-18(28)30-24-16(26)6-7-17(24)27/h5*14H,4-13H2,1-3H3,(H,21,25)(H,22,29)/i5D2,13D,14D;13D,14D;5D2,14D;14D;13D. The van der Waals surface area contributed by atoms with Crippen molar-refractivity contribution in [1.82, 2.24) is 103 Å². The van der Waals surface area contributed by atoms with E-state index in [1.165, 1.54) is 9.80 Å². The molecule has 0 radical (unpaired) electrons. The third kappa shape index (κ3) is 47.4. The number of hydroxylamine groups is 10. The number of carbonyl (C=O) groups excluding carboxylic acids is 25. The Bertz CT molecular complexity index is 5300. The first-order chi connectivity index (χ1) is 74.6. The summed E-state index contributed by atoms with van der Waals surface area (Å²) < 4.78 is 92.4. The molecule has 10 aliphatic rings. The molecule has 10 rings (SSSR count). The molecular weight excluding hydrogens is 1960 g/mol. The van der Waals surface area contributed by atoms with Crippen molar-refractivity contribution in [3.8, 4) is 0 Å². The first-order valence-electron chi connectivity index (χ1n) is 56.4. The maximum absolute atomic E-state index is 12.8. The second kappa shape index (κ2) is 61.2. The summed E-state index contributed by atoms with van der Waals surface area (Å²) in [6, 6.07) is -7.62. The van der Waals surface area contributed by atoms with Gasteiger partial charge < -0.3 is 77.4 Å². The zero-order valence-corrected chi connectivity index (χ0v) is 88.8. The maximum Gasteiger partial charge on any atom is 0.334 e. The van der Waals surface area contributed by atoms with E-state index in [0.29, 0.717) is 83.7 Å². The summed E-state index contributed by atoms with van der Waals surface area (Å²) in [7, 11) is 0. The van der Waals surface area contributed by atoms with Gasteiger partial charge in [-0.3, -0.25) is 120 Å². The van der Waals surface area contributed by atoms with Crippen molar-refractivity contribution in [3.63, 3.8) is 0 Å². The fourth-order valence-electron chi connectivity index (χ4n) is 15.7. The average Bonchev–Trinajstić information content (AvgIpc) is 1.58. The molecule has 10 saturated heterocycles. The normalized spacial score (nSPS) is 24.2. The lowest BCUT2D eigenvalue weighted by Crippen LogP contribution is -2.46. The molecule has 50 nitrogen and oxygen atoms in total. The van der Waals surface area contributed by atoms with E-state index in [1.54, 1.807) is 25.7 Å². The van der Waals surface area contributed by atoms with Gasteiger partial charge in [-0.15, -0.1) is 25.3 Å². The monoisotopic (exact) mass is 2130 g/mol. The van der Waals surface area contributed by atoms with Crippen LogP contribution in [-0.4, -0.2) is 359 Å². The number of amides is 20. The molecule has 10 N–H and O–H groups in total. The van der Waals surface area contributed by atoms with Crippen LogP contribution in [0.15, 0.2) is 0 Å². The predicted octanol–water partition coefficient (Wildman–Crippen LogP) is 0.584. The van der Waals surface area contributed by atoms with Gasteiger partial charge in [0.1, 0.15) is 0 Å². The van der Waals surface area contributed by atoms with Gasteiger partial charge in [-0.05, 0) is 124 Å². The van der Waals surface area contributed by atoms with Crippen molar-refractivity contribution in [2.24, 2.45) is 27.1 Å². The molecule has 20 amide bonds. The van der Waals surface area contributed by atoms with Crippen LogP contribution in [0.25, 0.3) is 0 Å². The van der Waals surface area contributed by atoms with Gasteiger partial charge in [0.05, 0.1) is 67.7 Å². The lowest BCUT2D eigenvalue weighted by Gasteiger charge is -2.30. The Morgan fingerprint density at radius 1 is 0.253 bits per heavy atom. The summed E-state index contributed by atoms with van der Waals surface area (Å²) in [6.45, 7) is 29.7. The molecule has 0 spiro atoms. The van der Waals surface area contributed by atoms with Gasteiger partial charge in [-0.2, -0.15) is 0 Å². The van der Waals surface area contributed by atoms with Crippen LogP contribution in [-0.2, 0) is 144 Å². The lowest BCUT2D eigenvalue weighted by molar-refractivity contribution is -0.197. The van der Waals surface area contributed by atoms with Gasteiger partial charge in [0.25, 0.3) is 59.1 Å². The fourth-order valence-corrected chi connectivity index (χ4v) is 15.7. The second-order valence-electron chi connectivity index (χ2n) is 42.2. The number of nitrogens with one attached hydrogen (secondary N) is 10. The molecule has 8 unspecified atom stereocenters. The number of hydrogen-bond acceptors (Lipinski definition) is 35. The van der Waals surface area contributed by atoms with E-state index in [1.807, 2.05) is 72.1 Å². The maximum atomic E-state index is 12.8. The number of carbonyl (C=O) groups is 25. The highest BCUT2D eigenvalue weighted by atomic mass is 16.7. The quantitative estimate of drug-likeness (QED) is 0.0373. The Morgan fingerprint density at radius 2 is 0.447 bits per heavy atom. The summed E-state index contributed by atoms with van der Waals surface area (Å²) >= 11 is 0. The number of hydrogen-bond donors (Lipinski definition) is 10. The molecule has 840 valence electrons. The summed E-state index contributed by atoms with van der Waals surface area (Å²) in [5, 5.41) is 27.6. The molecule has 10 aliphatic heterocycles. The second-order valence-corrected chi connectivity index (χ2v) is 42.2. The van der Waals surface area contributed by atoms with E-state index in [4.69, 9.17) is 29.6 Å². The van der Waals surface area contributed by atoms with Crippen LogP contribution in [0.1, 0.15) is 311 Å². The first kappa shape index (κ1) is 109. The van der Waals surface area contributed by atoms with Crippen LogP contribution < -0.4 is 53.2 Å². The molecule has 0 aromatic carbocycles. The van der Waals surface area contributed by atoms with Gasteiger partial charge in [-0.1, -0.05) is 104 Å². The molecular formula is C100H160N20O30. The van der Waals surface area contributed by atoms with Crippen molar-refractivity contribution in [2.45, 2.75) is 326 Å². The summed E-state index contributed by atoms with van der Waals surface area (Å²) in [5.41, 5.74) is -1.55. The minimum absolute atomic E-state index is 0.000759. The molecule has 10 fully saturated rings. The molecule has 0 aliphatic carbocycles. The van der Waals surface area contributed by atoms with Crippen molar-refractivity contribution in [3.05, 3.63) is 0 Å². The third-order valence-corrected chi connectivity index (χ3v) is 22.3. The predicted molar refractivity (Wildman–Crippen MR) is 532 cm³/mol. The summed E-state index contributed by atoms with van der Waals surface area (Å²) in [6.07, 6.45) is -1.96. The summed E-state index contributed by atoms with van der Waals surface area (Å²) in [4.78, 5) is 327. The van der Waals surface area contributed by atoms with Crippen LogP contribution in [0.4, 0.5) is 0 Å². The van der Waals surface area contributed by atoms with E-state index >= 15 is 0 Å². The molecule has 50 heteroatoms. The number of imide groups is 5. The smallest absolute Gasteiger partial charge is 0.334 e. The highest BCUT2D eigenvalue weighted by Gasteiger charge is 2.43. The van der Waals surface area contributed by atoms with Crippen molar-refractivity contribution >= 4 is 148 Å². The highest BCUT2D eigenvalue weighted by molar-refractivity contribution is 6.05. The van der Waals surface area contributed by atoms with Crippen molar-refractivity contribution in [1.29, 1.82) is 0 Å². The first-order valence-corrected chi connectivity index (χ1v) is 50.7. The van der Waals surface area contributed by atoms with E-state index in [2.05, 4.69) is 83.6 Å². The molecule has 8 atom stereocenters. The lowest BCUT2D eigenvalue weighted by atomic mass is 9.95. The third-order valence-electron chi connectivity index (χ3n) is 22.3. The molecule has 10 heterocycles. The Hall–Kier alpha value is -12.4. The minimum atomic E-state index is -2.31. The zero-order chi connectivity index (χ0) is 121. The van der Waals surface area contributed by atoms with Crippen LogP contribution >= 0.6 is 0 Å². The van der Waals surface area contributed by atoms with Gasteiger partial charge in [0, 0.05) is 204 Å². The van der Waals surface area contributed by atoms with E-state index in [0.717, 1.165) is 12.8 Å². The van der Waals surface area contributed by atoms with E-state index in [-0.39, 0.29) is 260 Å². The number of rotatable bonds is 45. The molecule has 0 bridgehead atoms. The highest BCUT2D eigenvalue weighted by Crippen LogP contribution is 2.31. The van der Waals surface area contributed by atoms with Gasteiger partial charge in [0.2, 0.25) is 59.1 Å². The molecule has 150 heavy (non-hydrogen) atoms. The fraction of sp³-hybridized carbons (Fsp3) is 0.750. The van der Waals surface area contributed by atoms with Crippen LogP contribution in [0, 0.1) is 27.1 Å². The van der Waals surface area contributed by atoms with E-state index in [9.17, 15) is 120 Å². The van der Waals surface area contributed by atoms with Crippen molar-refractivity contribution < 1.29 is 159 Å². The largest absolute Gasteiger partial charge is 0.355 e. The Labute approximate surface area is 891 Å². The van der Waals surface area contributed by atoms with E-state index < -0.39 is 197 Å². The Kier molecular flexibility index (Phi) is 44.3. The topological polar surface area (TPSA) is 626 Å². The minimum Gasteiger partial charge on any atom is -0.355 e. The van der Waals surface area contributed by atoms with Crippen LogP contribution in [0.3, 0.4) is 0 Å². The Balaban J connectivity index is 0.000000306. The van der Waals surface area contributed by atoms with Gasteiger partial charge in [0.15, 0.2) is 0 Å². The number of likely N-dealkylation sites (tertiary alicyclic amines) is 5. The van der Waals surface area contributed by atoms with Crippen LogP contribution in [0.5, 0.6) is 0 Å². The molecule has 0 aromatic heterocycles.